The first-order chi connectivity index (χ1) is 7.09. The summed E-state index contributed by atoms with van der Waals surface area (Å²) >= 11 is 0. The molecule has 1 N–H and O–H groups in total. The van der Waals surface area contributed by atoms with Crippen molar-refractivity contribution in [1.82, 2.24) is 0 Å². The summed E-state index contributed by atoms with van der Waals surface area (Å²) in [4.78, 5) is 0. The van der Waals surface area contributed by atoms with Crippen LogP contribution < -0.4 is 0 Å². The third kappa shape index (κ3) is 4.30. The molecule has 0 amide bonds. The number of rotatable bonds is 4. The Morgan fingerprint density at radius 1 is 1.27 bits per heavy atom. The Kier molecular flexibility index (Phi) is 4.57. The van der Waals surface area contributed by atoms with Crippen LogP contribution in [0.2, 0.25) is 0 Å². The van der Waals surface area contributed by atoms with Crippen LogP contribution in [-0.2, 0) is 0 Å². The molecule has 0 aromatic heterocycles. The summed E-state index contributed by atoms with van der Waals surface area (Å²) in [5.74, 6) is 0.400. The van der Waals surface area contributed by atoms with E-state index in [1.807, 2.05) is 38.1 Å². The monoisotopic (exact) mass is 204 g/mol. The van der Waals surface area contributed by atoms with Crippen LogP contribution >= 0.6 is 0 Å². The minimum Gasteiger partial charge on any atom is -0.389 e. The van der Waals surface area contributed by atoms with Crippen molar-refractivity contribution in [3.63, 3.8) is 0 Å². The number of benzene rings is 1. The Hall–Kier alpha value is -1.08. The summed E-state index contributed by atoms with van der Waals surface area (Å²) in [7, 11) is 0. The van der Waals surface area contributed by atoms with E-state index in [2.05, 4.69) is 19.1 Å². The zero-order valence-electron chi connectivity index (χ0n) is 9.77. The summed E-state index contributed by atoms with van der Waals surface area (Å²) in [6.07, 6.45) is 2.37. The lowest BCUT2D eigenvalue weighted by Crippen LogP contribution is -2.08. The second-order valence-corrected chi connectivity index (χ2v) is 4.36. The maximum Gasteiger partial charge on any atom is 0.0729 e. The Bertz CT molecular complexity index is 309. The van der Waals surface area contributed by atoms with Gasteiger partial charge in [0.1, 0.15) is 0 Å². The summed E-state index contributed by atoms with van der Waals surface area (Å²) in [5, 5.41) is 9.77. The highest BCUT2D eigenvalue weighted by atomic mass is 16.3. The smallest absolute Gasteiger partial charge is 0.0729 e. The van der Waals surface area contributed by atoms with Crippen LogP contribution in [0.15, 0.2) is 42.0 Å². The van der Waals surface area contributed by atoms with Crippen LogP contribution in [-0.4, -0.2) is 11.2 Å². The highest BCUT2D eigenvalue weighted by molar-refractivity contribution is 5.19. The Balaban J connectivity index is 2.56. The van der Waals surface area contributed by atoms with Crippen molar-refractivity contribution >= 4 is 0 Å². The topological polar surface area (TPSA) is 20.2 Å². The number of aliphatic hydroxyl groups excluding tert-OH is 1. The minimum atomic E-state index is -0.329. The lowest BCUT2D eigenvalue weighted by atomic mass is 9.94. The summed E-state index contributed by atoms with van der Waals surface area (Å²) in [6.45, 7) is 6.17. The van der Waals surface area contributed by atoms with Crippen molar-refractivity contribution in [2.24, 2.45) is 0 Å². The van der Waals surface area contributed by atoms with Crippen molar-refractivity contribution in [3.05, 3.63) is 47.5 Å². The Labute approximate surface area is 92.5 Å². The van der Waals surface area contributed by atoms with E-state index in [1.54, 1.807) is 0 Å². The fourth-order valence-electron chi connectivity index (χ4n) is 1.73. The molecule has 1 heteroatoms. The van der Waals surface area contributed by atoms with Crippen molar-refractivity contribution in [1.29, 1.82) is 0 Å². The maximum atomic E-state index is 9.77. The molecule has 0 heterocycles. The van der Waals surface area contributed by atoms with Gasteiger partial charge in [0.15, 0.2) is 0 Å². The maximum absolute atomic E-state index is 9.77. The molecule has 0 aliphatic heterocycles. The quantitative estimate of drug-likeness (QED) is 0.744. The van der Waals surface area contributed by atoms with Gasteiger partial charge in [0.25, 0.3) is 0 Å². The lowest BCUT2D eigenvalue weighted by Gasteiger charge is -2.14. The van der Waals surface area contributed by atoms with Gasteiger partial charge >= 0.3 is 0 Å². The predicted molar refractivity (Wildman–Crippen MR) is 64.9 cm³/mol. The molecule has 1 nitrogen and oxygen atoms in total. The molecule has 1 aromatic rings. The van der Waals surface area contributed by atoms with E-state index >= 15 is 0 Å². The third-order valence-corrected chi connectivity index (χ3v) is 2.49. The first kappa shape index (κ1) is 12.0. The van der Waals surface area contributed by atoms with Gasteiger partial charge in [0.05, 0.1) is 6.10 Å². The second-order valence-electron chi connectivity index (χ2n) is 4.36. The third-order valence-electron chi connectivity index (χ3n) is 2.49. The normalized spacial score (nSPS) is 14.4. The predicted octanol–water partition coefficient (Wildman–Crippen LogP) is 3.51. The van der Waals surface area contributed by atoms with Gasteiger partial charge in [0.2, 0.25) is 0 Å². The molecule has 15 heavy (non-hydrogen) atoms. The molecule has 1 aromatic carbocycles. The van der Waals surface area contributed by atoms with Crippen LogP contribution in [0.5, 0.6) is 0 Å². The highest BCUT2D eigenvalue weighted by Crippen LogP contribution is 2.20. The Morgan fingerprint density at radius 3 is 2.40 bits per heavy atom. The lowest BCUT2D eigenvalue weighted by molar-refractivity contribution is 0.203. The van der Waals surface area contributed by atoms with Gasteiger partial charge < -0.3 is 5.11 Å². The molecular formula is C14H20O. The van der Waals surface area contributed by atoms with Crippen molar-refractivity contribution in [3.8, 4) is 0 Å². The fraction of sp³-hybridized carbons (Fsp3) is 0.429. The average molecular weight is 204 g/mol. The number of hydrogen-bond acceptors (Lipinski definition) is 1. The molecule has 0 saturated carbocycles. The van der Waals surface area contributed by atoms with Crippen LogP contribution in [0, 0.1) is 0 Å². The molecule has 0 saturated heterocycles. The van der Waals surface area contributed by atoms with Crippen LogP contribution in [0.4, 0.5) is 0 Å². The molecule has 0 bridgehead atoms. The van der Waals surface area contributed by atoms with Gasteiger partial charge in [-0.15, -0.1) is 0 Å². The van der Waals surface area contributed by atoms with Crippen LogP contribution in [0.1, 0.15) is 38.7 Å². The first-order valence-corrected chi connectivity index (χ1v) is 5.47. The van der Waals surface area contributed by atoms with Gasteiger partial charge in [-0.25, -0.2) is 0 Å². The standard InChI is InChI=1S/C14H20O/c1-11(2)9-14(15)10-12(3)13-7-5-4-6-8-13/h4-9,12,14-15H,10H2,1-3H3. The minimum absolute atomic E-state index is 0.329. The van der Waals surface area contributed by atoms with E-state index in [9.17, 15) is 5.11 Å². The van der Waals surface area contributed by atoms with E-state index in [-0.39, 0.29) is 6.10 Å². The molecule has 0 aliphatic carbocycles. The van der Waals surface area contributed by atoms with E-state index in [0.29, 0.717) is 5.92 Å². The van der Waals surface area contributed by atoms with E-state index < -0.39 is 0 Å². The molecule has 0 fully saturated rings. The van der Waals surface area contributed by atoms with Crippen molar-refractivity contribution < 1.29 is 5.11 Å². The van der Waals surface area contributed by atoms with E-state index in [4.69, 9.17) is 0 Å². The van der Waals surface area contributed by atoms with Crippen molar-refractivity contribution in [2.45, 2.75) is 39.2 Å². The van der Waals surface area contributed by atoms with Gasteiger partial charge in [-0.1, -0.05) is 48.9 Å². The van der Waals surface area contributed by atoms with E-state index in [1.165, 1.54) is 11.1 Å². The molecule has 2 atom stereocenters. The molecule has 0 aliphatic rings. The van der Waals surface area contributed by atoms with E-state index in [0.717, 1.165) is 6.42 Å². The summed E-state index contributed by atoms with van der Waals surface area (Å²) < 4.78 is 0. The van der Waals surface area contributed by atoms with Crippen LogP contribution in [0.3, 0.4) is 0 Å². The molecule has 0 spiro atoms. The van der Waals surface area contributed by atoms with Crippen molar-refractivity contribution in [2.75, 3.05) is 0 Å². The summed E-state index contributed by atoms with van der Waals surface area (Å²) in [6, 6.07) is 10.3. The molecule has 82 valence electrons. The Morgan fingerprint density at radius 2 is 1.87 bits per heavy atom. The van der Waals surface area contributed by atoms with Gasteiger partial charge in [0, 0.05) is 0 Å². The highest BCUT2D eigenvalue weighted by Gasteiger charge is 2.09. The first-order valence-electron chi connectivity index (χ1n) is 5.47. The molecule has 2 unspecified atom stereocenters. The number of aliphatic hydroxyl groups is 1. The number of hydrogen-bond donors (Lipinski definition) is 1. The molecule has 0 radical (unpaired) electrons. The largest absolute Gasteiger partial charge is 0.389 e. The zero-order valence-corrected chi connectivity index (χ0v) is 9.77. The SMILES string of the molecule is CC(C)=CC(O)CC(C)c1ccccc1. The average Bonchev–Trinajstić information content (AvgIpc) is 2.17. The number of allylic oxidation sites excluding steroid dienone is 1. The molecular weight excluding hydrogens is 184 g/mol. The second kappa shape index (κ2) is 5.72. The zero-order chi connectivity index (χ0) is 11.3. The summed E-state index contributed by atoms with van der Waals surface area (Å²) in [5.41, 5.74) is 2.46. The molecule has 1 rings (SSSR count). The fourth-order valence-corrected chi connectivity index (χ4v) is 1.73. The van der Waals surface area contributed by atoms with Crippen LogP contribution in [0.25, 0.3) is 0 Å². The van der Waals surface area contributed by atoms with Gasteiger partial charge in [-0.3, -0.25) is 0 Å². The van der Waals surface area contributed by atoms with Gasteiger partial charge in [-0.05, 0) is 31.7 Å². The van der Waals surface area contributed by atoms with Gasteiger partial charge in [-0.2, -0.15) is 0 Å².